The average Bonchev–Trinajstić information content (AvgIpc) is 2.62. The van der Waals surface area contributed by atoms with Crippen LogP contribution in [0.5, 0.6) is 0 Å². The lowest BCUT2D eigenvalue weighted by molar-refractivity contribution is 0.683. The third-order valence-electron chi connectivity index (χ3n) is 1.88. The van der Waals surface area contributed by atoms with Crippen molar-refractivity contribution < 1.29 is 0 Å². The van der Waals surface area contributed by atoms with E-state index in [0.717, 1.165) is 18.0 Å². The Morgan fingerprint density at radius 1 is 1.43 bits per heavy atom. The molecule has 0 fully saturated rings. The lowest BCUT2D eigenvalue weighted by Crippen LogP contribution is -2.11. The first-order valence-electron chi connectivity index (χ1n) is 4.65. The van der Waals surface area contributed by atoms with Gasteiger partial charge in [-0.2, -0.15) is 9.61 Å². The van der Waals surface area contributed by atoms with Crippen LogP contribution < -0.4 is 5.32 Å². The normalized spacial score (nSPS) is 11.1. The molecule has 74 valence electrons. The van der Waals surface area contributed by atoms with Crippen molar-refractivity contribution >= 4 is 11.5 Å². The quantitative estimate of drug-likeness (QED) is 0.791. The SMILES string of the molecule is CC(C)CNc1cncc2ncnn12. The molecule has 0 aliphatic rings. The second kappa shape index (κ2) is 3.61. The van der Waals surface area contributed by atoms with Crippen LogP contribution in [0.15, 0.2) is 18.7 Å². The molecule has 0 aliphatic heterocycles. The highest BCUT2D eigenvalue weighted by Crippen LogP contribution is 2.07. The fourth-order valence-electron chi connectivity index (χ4n) is 1.18. The van der Waals surface area contributed by atoms with E-state index in [0.29, 0.717) is 5.92 Å². The molecule has 5 nitrogen and oxygen atoms in total. The second-order valence-corrected chi connectivity index (χ2v) is 3.60. The van der Waals surface area contributed by atoms with Gasteiger partial charge in [-0.3, -0.25) is 4.98 Å². The molecule has 1 N–H and O–H groups in total. The first kappa shape index (κ1) is 8.93. The zero-order valence-corrected chi connectivity index (χ0v) is 8.31. The van der Waals surface area contributed by atoms with Crippen molar-refractivity contribution in [2.24, 2.45) is 5.92 Å². The summed E-state index contributed by atoms with van der Waals surface area (Å²) in [5, 5.41) is 7.37. The molecule has 14 heavy (non-hydrogen) atoms. The van der Waals surface area contributed by atoms with Gasteiger partial charge in [-0.25, -0.2) is 4.98 Å². The largest absolute Gasteiger partial charge is 0.368 e. The number of hydrogen-bond donors (Lipinski definition) is 1. The van der Waals surface area contributed by atoms with Crippen LogP contribution in [0.25, 0.3) is 5.65 Å². The van der Waals surface area contributed by atoms with Crippen molar-refractivity contribution in [2.45, 2.75) is 13.8 Å². The summed E-state index contributed by atoms with van der Waals surface area (Å²) in [6.45, 7) is 5.21. The highest BCUT2D eigenvalue weighted by Gasteiger charge is 2.02. The zero-order valence-electron chi connectivity index (χ0n) is 8.31. The summed E-state index contributed by atoms with van der Waals surface area (Å²) in [5.41, 5.74) is 0.763. The van der Waals surface area contributed by atoms with Crippen molar-refractivity contribution in [3.05, 3.63) is 18.7 Å². The van der Waals surface area contributed by atoms with E-state index >= 15 is 0 Å². The van der Waals surface area contributed by atoms with Crippen LogP contribution in [0.2, 0.25) is 0 Å². The predicted molar refractivity (Wildman–Crippen MR) is 54.1 cm³/mol. The summed E-state index contributed by atoms with van der Waals surface area (Å²) in [4.78, 5) is 8.13. The van der Waals surface area contributed by atoms with Gasteiger partial charge in [0.25, 0.3) is 0 Å². The van der Waals surface area contributed by atoms with Gasteiger partial charge in [-0.05, 0) is 5.92 Å². The Hall–Kier alpha value is -1.65. The first-order valence-corrected chi connectivity index (χ1v) is 4.65. The minimum atomic E-state index is 0.591. The summed E-state index contributed by atoms with van der Waals surface area (Å²) in [5.74, 6) is 1.47. The number of nitrogens with zero attached hydrogens (tertiary/aromatic N) is 4. The van der Waals surface area contributed by atoms with Crippen LogP contribution in [-0.2, 0) is 0 Å². The maximum Gasteiger partial charge on any atom is 0.175 e. The van der Waals surface area contributed by atoms with Gasteiger partial charge >= 0.3 is 0 Å². The minimum absolute atomic E-state index is 0.591. The Kier molecular flexibility index (Phi) is 2.30. The van der Waals surface area contributed by atoms with Crippen molar-refractivity contribution in [3.63, 3.8) is 0 Å². The molecular formula is C9H13N5. The molecule has 0 saturated heterocycles. The number of rotatable bonds is 3. The van der Waals surface area contributed by atoms with Crippen LogP contribution in [-0.4, -0.2) is 26.1 Å². The molecule has 2 aromatic heterocycles. The monoisotopic (exact) mass is 191 g/mol. The van der Waals surface area contributed by atoms with Gasteiger partial charge in [0.15, 0.2) is 5.65 Å². The molecule has 2 heterocycles. The molecule has 0 bridgehead atoms. The van der Waals surface area contributed by atoms with E-state index in [1.54, 1.807) is 16.9 Å². The fraction of sp³-hybridized carbons (Fsp3) is 0.444. The maximum absolute atomic E-state index is 4.10. The van der Waals surface area contributed by atoms with Gasteiger partial charge in [0.2, 0.25) is 0 Å². The number of fused-ring (bicyclic) bond motifs is 1. The average molecular weight is 191 g/mol. The van der Waals surface area contributed by atoms with E-state index in [9.17, 15) is 0 Å². The maximum atomic E-state index is 4.10. The molecule has 0 unspecified atom stereocenters. The zero-order chi connectivity index (χ0) is 9.97. The molecule has 0 aliphatic carbocycles. The molecule has 2 aromatic rings. The smallest absolute Gasteiger partial charge is 0.175 e. The Balaban J connectivity index is 2.27. The molecule has 0 radical (unpaired) electrons. The fourth-order valence-corrected chi connectivity index (χ4v) is 1.18. The van der Waals surface area contributed by atoms with Crippen LogP contribution in [0.1, 0.15) is 13.8 Å². The Bertz CT molecular complexity index is 420. The summed E-state index contributed by atoms with van der Waals surface area (Å²) in [6, 6.07) is 0. The summed E-state index contributed by atoms with van der Waals surface area (Å²) < 4.78 is 1.75. The standard InChI is InChI=1S/C9H13N5/c1-7(2)3-11-8-4-10-5-9-12-6-13-14(8)9/h4-7,11H,3H2,1-2H3. The second-order valence-electron chi connectivity index (χ2n) is 3.60. The van der Waals surface area contributed by atoms with Gasteiger partial charge in [0, 0.05) is 6.54 Å². The van der Waals surface area contributed by atoms with E-state index in [1.807, 2.05) is 0 Å². The molecule has 2 rings (SSSR count). The molecule has 0 atom stereocenters. The summed E-state index contributed by atoms with van der Waals surface area (Å²) in [6.07, 6.45) is 4.97. The number of hydrogen-bond acceptors (Lipinski definition) is 4. The lowest BCUT2D eigenvalue weighted by atomic mass is 10.2. The molecule has 0 aromatic carbocycles. The third kappa shape index (κ3) is 1.66. The third-order valence-corrected chi connectivity index (χ3v) is 1.88. The van der Waals surface area contributed by atoms with E-state index in [4.69, 9.17) is 0 Å². The van der Waals surface area contributed by atoms with Crippen molar-refractivity contribution in [1.29, 1.82) is 0 Å². The van der Waals surface area contributed by atoms with Crippen LogP contribution in [0.3, 0.4) is 0 Å². The van der Waals surface area contributed by atoms with Crippen LogP contribution >= 0.6 is 0 Å². The first-order chi connectivity index (χ1) is 6.77. The van der Waals surface area contributed by atoms with E-state index < -0.39 is 0 Å². The van der Waals surface area contributed by atoms with Gasteiger partial charge in [-0.15, -0.1) is 0 Å². The highest BCUT2D eigenvalue weighted by molar-refractivity contribution is 5.44. The Labute approximate surface area is 82.2 Å². The molecule has 0 amide bonds. The van der Waals surface area contributed by atoms with Crippen LogP contribution in [0.4, 0.5) is 5.82 Å². The highest BCUT2D eigenvalue weighted by atomic mass is 15.3. The minimum Gasteiger partial charge on any atom is -0.368 e. The van der Waals surface area contributed by atoms with Gasteiger partial charge in [0.1, 0.15) is 12.1 Å². The van der Waals surface area contributed by atoms with Crippen LogP contribution in [0, 0.1) is 5.92 Å². The topological polar surface area (TPSA) is 55.1 Å². The van der Waals surface area contributed by atoms with E-state index in [2.05, 4.69) is 34.2 Å². The Morgan fingerprint density at radius 3 is 3.07 bits per heavy atom. The predicted octanol–water partition coefficient (Wildman–Crippen LogP) is 1.19. The van der Waals surface area contributed by atoms with E-state index in [1.165, 1.54) is 6.33 Å². The molecular weight excluding hydrogens is 178 g/mol. The van der Waals surface area contributed by atoms with Gasteiger partial charge < -0.3 is 5.32 Å². The van der Waals surface area contributed by atoms with Gasteiger partial charge in [0.05, 0.1) is 12.4 Å². The molecule has 5 heteroatoms. The number of anilines is 1. The Morgan fingerprint density at radius 2 is 2.29 bits per heavy atom. The van der Waals surface area contributed by atoms with Crippen molar-refractivity contribution in [1.82, 2.24) is 19.6 Å². The number of aromatic nitrogens is 4. The molecule has 0 spiro atoms. The summed E-state index contributed by atoms with van der Waals surface area (Å²) in [7, 11) is 0. The molecule has 0 saturated carbocycles. The van der Waals surface area contributed by atoms with Crippen molar-refractivity contribution in [3.8, 4) is 0 Å². The lowest BCUT2D eigenvalue weighted by Gasteiger charge is -2.08. The van der Waals surface area contributed by atoms with Gasteiger partial charge in [-0.1, -0.05) is 13.8 Å². The van der Waals surface area contributed by atoms with Crippen molar-refractivity contribution in [2.75, 3.05) is 11.9 Å². The number of nitrogens with one attached hydrogen (secondary N) is 1. The van der Waals surface area contributed by atoms with E-state index in [-0.39, 0.29) is 0 Å². The summed E-state index contributed by atoms with van der Waals surface area (Å²) >= 11 is 0.